The first-order valence-electron chi connectivity index (χ1n) is 7.22. The van der Waals surface area contributed by atoms with Crippen molar-refractivity contribution in [1.29, 1.82) is 0 Å². The van der Waals surface area contributed by atoms with E-state index in [1.54, 1.807) is 0 Å². The molecule has 102 valence electrons. The van der Waals surface area contributed by atoms with Gasteiger partial charge in [-0.3, -0.25) is 0 Å². The Balaban J connectivity index is 1.83. The molecule has 1 aromatic heterocycles. The van der Waals surface area contributed by atoms with Crippen LogP contribution in [0.2, 0.25) is 0 Å². The zero-order chi connectivity index (χ0) is 13.1. The first kappa shape index (κ1) is 12.5. The molecule has 1 aliphatic heterocycles. The number of fused-ring (bicyclic) bond motifs is 1. The zero-order valence-corrected chi connectivity index (χ0v) is 11.5. The van der Waals surface area contributed by atoms with E-state index in [1.165, 1.54) is 18.4 Å². The molecule has 0 radical (unpaired) electrons. The molecule has 0 saturated carbocycles. The predicted octanol–water partition coefficient (Wildman–Crippen LogP) is 2.58. The van der Waals surface area contributed by atoms with E-state index >= 15 is 0 Å². The van der Waals surface area contributed by atoms with Crippen molar-refractivity contribution < 1.29 is 4.42 Å². The van der Waals surface area contributed by atoms with Gasteiger partial charge in [-0.25, -0.2) is 0 Å². The van der Waals surface area contributed by atoms with E-state index < -0.39 is 0 Å². The Kier molecular flexibility index (Phi) is 3.69. The Morgan fingerprint density at radius 3 is 2.95 bits per heavy atom. The SMILES string of the molecule is CCCCc1ccc2oc(N3CCNCC3)nc2c1. The number of aromatic nitrogens is 1. The van der Waals surface area contributed by atoms with Crippen LogP contribution in [0, 0.1) is 0 Å². The van der Waals surface area contributed by atoms with Crippen LogP contribution in [0.15, 0.2) is 22.6 Å². The molecule has 2 aromatic rings. The molecule has 3 rings (SSSR count). The molecule has 0 spiro atoms. The number of hydrogen-bond donors (Lipinski definition) is 1. The highest BCUT2D eigenvalue weighted by atomic mass is 16.4. The number of aryl methyl sites for hydroxylation is 1. The number of rotatable bonds is 4. The third-order valence-electron chi connectivity index (χ3n) is 3.65. The van der Waals surface area contributed by atoms with Gasteiger partial charge in [0.05, 0.1) is 0 Å². The van der Waals surface area contributed by atoms with Crippen molar-refractivity contribution in [2.24, 2.45) is 0 Å². The lowest BCUT2D eigenvalue weighted by Crippen LogP contribution is -2.43. The smallest absolute Gasteiger partial charge is 0.298 e. The second kappa shape index (κ2) is 5.61. The van der Waals surface area contributed by atoms with E-state index in [-0.39, 0.29) is 0 Å². The lowest BCUT2D eigenvalue weighted by molar-refractivity contribution is 0.517. The summed E-state index contributed by atoms with van der Waals surface area (Å²) in [4.78, 5) is 6.85. The van der Waals surface area contributed by atoms with Gasteiger partial charge < -0.3 is 14.6 Å². The van der Waals surface area contributed by atoms with Crippen LogP contribution in [0.25, 0.3) is 11.1 Å². The van der Waals surface area contributed by atoms with Crippen LogP contribution in [0.5, 0.6) is 0 Å². The Hall–Kier alpha value is -1.55. The van der Waals surface area contributed by atoms with Gasteiger partial charge in [0.15, 0.2) is 5.58 Å². The second-order valence-corrected chi connectivity index (χ2v) is 5.14. The normalized spacial score (nSPS) is 16.2. The van der Waals surface area contributed by atoms with Crippen LogP contribution >= 0.6 is 0 Å². The number of benzene rings is 1. The molecule has 0 unspecified atom stereocenters. The first-order valence-corrected chi connectivity index (χ1v) is 7.22. The van der Waals surface area contributed by atoms with Crippen LogP contribution in [-0.4, -0.2) is 31.2 Å². The van der Waals surface area contributed by atoms with Gasteiger partial charge in [-0.2, -0.15) is 4.98 Å². The molecule has 4 heteroatoms. The number of oxazole rings is 1. The van der Waals surface area contributed by atoms with Crippen molar-refractivity contribution in [2.45, 2.75) is 26.2 Å². The molecule has 1 aliphatic rings. The van der Waals surface area contributed by atoms with Crippen molar-refractivity contribution in [2.75, 3.05) is 31.1 Å². The van der Waals surface area contributed by atoms with E-state index in [4.69, 9.17) is 4.42 Å². The minimum absolute atomic E-state index is 0.768. The summed E-state index contributed by atoms with van der Waals surface area (Å²) in [6.07, 6.45) is 3.58. The summed E-state index contributed by atoms with van der Waals surface area (Å²) in [6.45, 7) is 6.16. The first-order chi connectivity index (χ1) is 9.36. The van der Waals surface area contributed by atoms with Crippen molar-refractivity contribution in [3.63, 3.8) is 0 Å². The topological polar surface area (TPSA) is 41.3 Å². The standard InChI is InChI=1S/C15H21N3O/c1-2-3-4-12-5-6-14-13(11-12)17-15(19-14)18-9-7-16-8-10-18/h5-6,11,16H,2-4,7-10H2,1H3. The van der Waals surface area contributed by atoms with Crippen LogP contribution < -0.4 is 10.2 Å². The summed E-state index contributed by atoms with van der Waals surface area (Å²) in [5.41, 5.74) is 3.24. The maximum atomic E-state index is 5.85. The largest absolute Gasteiger partial charge is 0.423 e. The van der Waals surface area contributed by atoms with Crippen molar-refractivity contribution in [3.05, 3.63) is 23.8 Å². The monoisotopic (exact) mass is 259 g/mol. The second-order valence-electron chi connectivity index (χ2n) is 5.14. The number of nitrogens with one attached hydrogen (secondary N) is 1. The molecule has 1 aromatic carbocycles. The summed E-state index contributed by atoms with van der Waals surface area (Å²) in [5, 5.41) is 3.34. The maximum absolute atomic E-state index is 5.85. The van der Waals surface area contributed by atoms with Gasteiger partial charge in [0.2, 0.25) is 0 Å². The van der Waals surface area contributed by atoms with Gasteiger partial charge >= 0.3 is 0 Å². The number of piperazine rings is 1. The maximum Gasteiger partial charge on any atom is 0.298 e. The summed E-state index contributed by atoms with van der Waals surface area (Å²) >= 11 is 0. The Labute approximate surface area is 113 Å². The molecule has 4 nitrogen and oxygen atoms in total. The Bertz CT molecular complexity index is 543. The quantitative estimate of drug-likeness (QED) is 0.916. The summed E-state index contributed by atoms with van der Waals surface area (Å²) in [5.74, 6) is 0. The molecule has 1 N–H and O–H groups in total. The van der Waals surface area contributed by atoms with Crippen LogP contribution in [0.4, 0.5) is 6.01 Å². The molecule has 0 amide bonds. The average molecular weight is 259 g/mol. The van der Waals surface area contributed by atoms with Gasteiger partial charge in [0.25, 0.3) is 6.01 Å². The number of unbranched alkanes of at least 4 members (excludes halogenated alkanes) is 1. The molecule has 0 aliphatic carbocycles. The molecule has 1 fully saturated rings. The van der Waals surface area contributed by atoms with E-state index in [9.17, 15) is 0 Å². The number of nitrogens with zero attached hydrogens (tertiary/aromatic N) is 2. The van der Waals surface area contributed by atoms with Gasteiger partial charge in [-0.15, -0.1) is 0 Å². The van der Waals surface area contributed by atoms with Crippen molar-refractivity contribution >= 4 is 17.1 Å². The summed E-state index contributed by atoms with van der Waals surface area (Å²) in [7, 11) is 0. The lowest BCUT2D eigenvalue weighted by atomic mass is 10.1. The summed E-state index contributed by atoms with van der Waals surface area (Å²) < 4.78 is 5.85. The van der Waals surface area contributed by atoms with E-state index in [1.807, 2.05) is 0 Å². The third kappa shape index (κ3) is 2.73. The van der Waals surface area contributed by atoms with Crippen molar-refractivity contribution in [3.8, 4) is 0 Å². The van der Waals surface area contributed by atoms with E-state index in [2.05, 4.69) is 40.3 Å². The summed E-state index contributed by atoms with van der Waals surface area (Å²) in [6, 6.07) is 7.15. The molecule has 0 atom stereocenters. The minimum atomic E-state index is 0.768. The Morgan fingerprint density at radius 1 is 1.32 bits per heavy atom. The van der Waals surface area contributed by atoms with Gasteiger partial charge in [-0.05, 0) is 30.5 Å². The third-order valence-corrected chi connectivity index (χ3v) is 3.65. The van der Waals surface area contributed by atoms with Gasteiger partial charge in [0, 0.05) is 26.2 Å². The van der Waals surface area contributed by atoms with Crippen LogP contribution in [0.3, 0.4) is 0 Å². The molecule has 2 heterocycles. The fourth-order valence-electron chi connectivity index (χ4n) is 2.49. The van der Waals surface area contributed by atoms with Gasteiger partial charge in [-0.1, -0.05) is 19.4 Å². The lowest BCUT2D eigenvalue weighted by Gasteiger charge is -2.25. The fraction of sp³-hybridized carbons (Fsp3) is 0.533. The molecule has 19 heavy (non-hydrogen) atoms. The zero-order valence-electron chi connectivity index (χ0n) is 11.5. The minimum Gasteiger partial charge on any atom is -0.423 e. The molecular formula is C15H21N3O. The average Bonchev–Trinajstić information content (AvgIpc) is 2.89. The highest BCUT2D eigenvalue weighted by Crippen LogP contribution is 2.23. The predicted molar refractivity (Wildman–Crippen MR) is 77.7 cm³/mol. The molecule has 0 bridgehead atoms. The molecule has 1 saturated heterocycles. The number of hydrogen-bond acceptors (Lipinski definition) is 4. The number of anilines is 1. The van der Waals surface area contributed by atoms with Crippen LogP contribution in [-0.2, 0) is 6.42 Å². The van der Waals surface area contributed by atoms with Gasteiger partial charge in [0.1, 0.15) is 5.52 Å². The highest BCUT2D eigenvalue weighted by molar-refractivity contribution is 5.75. The van der Waals surface area contributed by atoms with E-state index in [0.29, 0.717) is 0 Å². The van der Waals surface area contributed by atoms with Crippen molar-refractivity contribution in [1.82, 2.24) is 10.3 Å². The van der Waals surface area contributed by atoms with Crippen LogP contribution in [0.1, 0.15) is 25.3 Å². The van der Waals surface area contributed by atoms with E-state index in [0.717, 1.165) is 49.7 Å². The Morgan fingerprint density at radius 2 is 2.16 bits per heavy atom. The molecular weight excluding hydrogens is 238 g/mol. The fourth-order valence-corrected chi connectivity index (χ4v) is 2.49. The highest BCUT2D eigenvalue weighted by Gasteiger charge is 2.16.